The third-order valence-electron chi connectivity index (χ3n) is 5.50. The fourth-order valence-electron chi connectivity index (χ4n) is 3.55. The van der Waals surface area contributed by atoms with Gasteiger partial charge in [0.15, 0.2) is 5.11 Å². The van der Waals surface area contributed by atoms with Crippen LogP contribution in [0.2, 0.25) is 0 Å². The molecule has 0 spiro atoms. The smallest absolute Gasteiger partial charge is 0.257 e. The lowest BCUT2D eigenvalue weighted by Crippen LogP contribution is -2.34. The molecule has 3 rings (SSSR count). The highest BCUT2D eigenvalue weighted by Gasteiger charge is 2.18. The van der Waals surface area contributed by atoms with Crippen molar-refractivity contribution in [2.24, 2.45) is 0 Å². The highest BCUT2D eigenvalue weighted by Crippen LogP contribution is 2.18. The summed E-state index contributed by atoms with van der Waals surface area (Å²) in [5, 5.41) is 5.87. The van der Waals surface area contributed by atoms with Crippen LogP contribution >= 0.6 is 12.2 Å². The van der Waals surface area contributed by atoms with Gasteiger partial charge in [0.2, 0.25) is 0 Å². The number of carbonyl (C=O) groups is 2. The molecule has 1 fully saturated rings. The molecule has 1 unspecified atom stereocenters. The van der Waals surface area contributed by atoms with Gasteiger partial charge < -0.3 is 15.0 Å². The van der Waals surface area contributed by atoms with Crippen molar-refractivity contribution in [3.05, 3.63) is 59.7 Å². The first kappa shape index (κ1) is 23.7. The number of hydrogen-bond acceptors (Lipinski definition) is 4. The van der Waals surface area contributed by atoms with E-state index in [9.17, 15) is 9.59 Å². The molecule has 1 heterocycles. The average molecular weight is 454 g/mol. The van der Waals surface area contributed by atoms with Crippen LogP contribution in [0.1, 0.15) is 66.7 Å². The van der Waals surface area contributed by atoms with Gasteiger partial charge in [-0.2, -0.15) is 0 Å². The number of nitrogens with one attached hydrogen (secondary N) is 2. The number of nitrogens with zero attached hydrogens (tertiary/aromatic N) is 1. The van der Waals surface area contributed by atoms with Crippen LogP contribution in [0.15, 0.2) is 48.5 Å². The van der Waals surface area contributed by atoms with Gasteiger partial charge in [-0.15, -0.1) is 0 Å². The van der Waals surface area contributed by atoms with Crippen molar-refractivity contribution in [3.63, 3.8) is 0 Å². The molecular weight excluding hydrogens is 422 g/mol. The monoisotopic (exact) mass is 453 g/mol. The summed E-state index contributed by atoms with van der Waals surface area (Å²) in [6.45, 7) is 5.62. The molecule has 170 valence electrons. The van der Waals surface area contributed by atoms with Crippen molar-refractivity contribution in [1.29, 1.82) is 0 Å². The number of likely N-dealkylation sites (tertiary alicyclic amines) is 1. The van der Waals surface area contributed by atoms with Gasteiger partial charge in [-0.3, -0.25) is 14.9 Å². The molecule has 1 aliphatic rings. The highest BCUT2D eigenvalue weighted by atomic mass is 32.1. The predicted molar refractivity (Wildman–Crippen MR) is 131 cm³/mol. The number of anilines is 1. The Hall–Kier alpha value is -2.93. The zero-order valence-corrected chi connectivity index (χ0v) is 19.5. The van der Waals surface area contributed by atoms with E-state index >= 15 is 0 Å². The molecule has 0 aliphatic carbocycles. The minimum absolute atomic E-state index is 0.0311. The van der Waals surface area contributed by atoms with Gasteiger partial charge >= 0.3 is 0 Å². The summed E-state index contributed by atoms with van der Waals surface area (Å²) in [6, 6.07) is 14.2. The fraction of sp³-hybridized carbons (Fsp3) is 0.400. The standard InChI is InChI=1S/C25H31N3O3S/c1-3-18(2)31-22-13-9-10-19(17-22)23(29)27-25(32)26-21-12-8-11-20(16-21)24(30)28-14-6-4-5-7-15-28/h8-13,16-18H,3-7,14-15H2,1-2H3,(H2,26,27,29,32). The minimum Gasteiger partial charge on any atom is -0.491 e. The van der Waals surface area contributed by atoms with Gasteiger partial charge in [-0.05, 0) is 74.8 Å². The molecule has 0 bridgehead atoms. The lowest BCUT2D eigenvalue weighted by Gasteiger charge is -2.20. The topological polar surface area (TPSA) is 70.7 Å². The Bertz CT molecular complexity index is 955. The molecule has 1 atom stereocenters. The van der Waals surface area contributed by atoms with Crippen LogP contribution in [0.4, 0.5) is 5.69 Å². The Balaban J connectivity index is 1.60. The zero-order valence-electron chi connectivity index (χ0n) is 18.7. The maximum atomic E-state index is 12.9. The third kappa shape index (κ3) is 6.79. The first-order valence-corrected chi connectivity index (χ1v) is 11.7. The van der Waals surface area contributed by atoms with Crippen molar-refractivity contribution >= 4 is 34.8 Å². The van der Waals surface area contributed by atoms with Crippen LogP contribution in [-0.4, -0.2) is 41.0 Å². The van der Waals surface area contributed by atoms with Crippen LogP contribution in [0.25, 0.3) is 0 Å². The summed E-state index contributed by atoms with van der Waals surface area (Å²) >= 11 is 5.32. The minimum atomic E-state index is -0.325. The maximum Gasteiger partial charge on any atom is 0.257 e. The highest BCUT2D eigenvalue weighted by molar-refractivity contribution is 7.80. The summed E-state index contributed by atoms with van der Waals surface area (Å²) in [5.41, 5.74) is 1.73. The van der Waals surface area contributed by atoms with Gasteiger partial charge in [0.25, 0.3) is 11.8 Å². The van der Waals surface area contributed by atoms with Gasteiger partial charge in [0.05, 0.1) is 6.10 Å². The molecular formula is C25H31N3O3S. The quantitative estimate of drug-likeness (QED) is 0.602. The van der Waals surface area contributed by atoms with Crippen molar-refractivity contribution in [2.75, 3.05) is 18.4 Å². The van der Waals surface area contributed by atoms with Crippen molar-refractivity contribution in [3.8, 4) is 5.75 Å². The molecule has 0 saturated carbocycles. The molecule has 2 aromatic carbocycles. The van der Waals surface area contributed by atoms with Crippen LogP contribution in [0.3, 0.4) is 0 Å². The molecule has 0 radical (unpaired) electrons. The molecule has 32 heavy (non-hydrogen) atoms. The molecule has 2 N–H and O–H groups in total. The first-order chi connectivity index (χ1) is 15.5. The number of benzene rings is 2. The Labute approximate surface area is 195 Å². The SMILES string of the molecule is CCC(C)Oc1cccc(C(=O)NC(=S)Nc2cccc(C(=O)N3CCCCCC3)c2)c1. The second-order valence-electron chi connectivity index (χ2n) is 8.06. The molecule has 2 aromatic rings. The van der Waals surface area contributed by atoms with E-state index in [0.717, 1.165) is 32.4 Å². The lowest BCUT2D eigenvalue weighted by molar-refractivity contribution is 0.0761. The predicted octanol–water partition coefficient (Wildman–Crippen LogP) is 5.01. The van der Waals surface area contributed by atoms with E-state index in [-0.39, 0.29) is 23.0 Å². The fourth-order valence-corrected chi connectivity index (χ4v) is 3.76. The summed E-state index contributed by atoms with van der Waals surface area (Å²) in [6.07, 6.45) is 5.38. The number of rotatable bonds is 6. The summed E-state index contributed by atoms with van der Waals surface area (Å²) in [7, 11) is 0. The Kier molecular flexibility index (Phi) is 8.62. The van der Waals surface area contributed by atoms with Gasteiger partial charge in [-0.1, -0.05) is 31.9 Å². The summed E-state index contributed by atoms with van der Waals surface area (Å²) < 4.78 is 5.78. The Morgan fingerprint density at radius 1 is 1.03 bits per heavy atom. The largest absolute Gasteiger partial charge is 0.491 e. The lowest BCUT2D eigenvalue weighted by atomic mass is 10.1. The van der Waals surface area contributed by atoms with Crippen LogP contribution in [-0.2, 0) is 0 Å². The van der Waals surface area contributed by atoms with E-state index in [0.29, 0.717) is 22.6 Å². The Morgan fingerprint density at radius 3 is 2.44 bits per heavy atom. The second kappa shape index (κ2) is 11.6. The second-order valence-corrected chi connectivity index (χ2v) is 8.47. The van der Waals surface area contributed by atoms with Gasteiger partial charge in [-0.25, -0.2) is 0 Å². The molecule has 0 aromatic heterocycles. The van der Waals surface area contributed by atoms with E-state index in [1.165, 1.54) is 12.8 Å². The zero-order chi connectivity index (χ0) is 22.9. The van der Waals surface area contributed by atoms with Crippen molar-refractivity contribution in [1.82, 2.24) is 10.2 Å². The third-order valence-corrected chi connectivity index (χ3v) is 5.70. The van der Waals surface area contributed by atoms with Crippen molar-refractivity contribution < 1.29 is 14.3 Å². The van der Waals surface area contributed by atoms with E-state index in [2.05, 4.69) is 10.6 Å². The normalized spacial score (nSPS) is 14.8. The Morgan fingerprint density at radius 2 is 1.72 bits per heavy atom. The van der Waals surface area contributed by atoms with E-state index in [1.807, 2.05) is 43.0 Å². The van der Waals surface area contributed by atoms with Crippen molar-refractivity contribution in [2.45, 2.75) is 52.1 Å². The number of carbonyl (C=O) groups excluding carboxylic acids is 2. The van der Waals surface area contributed by atoms with E-state index in [4.69, 9.17) is 17.0 Å². The molecule has 1 saturated heterocycles. The van der Waals surface area contributed by atoms with E-state index in [1.54, 1.807) is 24.3 Å². The summed E-state index contributed by atoms with van der Waals surface area (Å²) in [5.74, 6) is 0.350. The maximum absolute atomic E-state index is 12.9. The number of thiocarbonyl (C=S) groups is 1. The van der Waals surface area contributed by atoms with Gasteiger partial charge in [0.1, 0.15) is 5.75 Å². The van der Waals surface area contributed by atoms with Gasteiger partial charge in [0, 0.05) is 29.9 Å². The number of ether oxygens (including phenoxy) is 1. The van der Waals surface area contributed by atoms with Crippen LogP contribution < -0.4 is 15.4 Å². The van der Waals surface area contributed by atoms with Crippen LogP contribution in [0, 0.1) is 0 Å². The summed E-state index contributed by atoms with van der Waals surface area (Å²) in [4.78, 5) is 27.4. The number of amides is 2. The first-order valence-electron chi connectivity index (χ1n) is 11.2. The van der Waals surface area contributed by atoms with E-state index < -0.39 is 0 Å². The van der Waals surface area contributed by atoms with Crippen LogP contribution in [0.5, 0.6) is 5.75 Å². The molecule has 6 nitrogen and oxygen atoms in total. The molecule has 2 amide bonds. The molecule has 7 heteroatoms. The molecule has 1 aliphatic heterocycles. The average Bonchev–Trinajstić information content (AvgIpc) is 3.08. The number of hydrogen-bond donors (Lipinski definition) is 2.